The van der Waals surface area contributed by atoms with Gasteiger partial charge in [0, 0.05) is 4.47 Å². The lowest BCUT2D eigenvalue weighted by Gasteiger charge is -2.08. The Kier molecular flexibility index (Phi) is 4.98. The second-order valence-corrected chi connectivity index (χ2v) is 3.98. The number of hydrogen-bond acceptors (Lipinski definition) is 2. The fourth-order valence-corrected chi connectivity index (χ4v) is 1.75. The van der Waals surface area contributed by atoms with Crippen molar-refractivity contribution in [3.63, 3.8) is 0 Å². The summed E-state index contributed by atoms with van der Waals surface area (Å²) >= 11 is 3.46. The third kappa shape index (κ3) is 3.31. The number of methoxy groups -OCH3 is 1. The molecule has 0 amide bonds. The normalized spacial score (nSPS) is 10.2. The molecule has 0 aliphatic carbocycles. The average molecular weight is 258 g/mol. The number of halogens is 1. The van der Waals surface area contributed by atoms with Gasteiger partial charge in [0.1, 0.15) is 5.75 Å². The van der Waals surface area contributed by atoms with E-state index in [1.54, 1.807) is 7.11 Å². The van der Waals surface area contributed by atoms with Crippen LogP contribution >= 0.6 is 15.9 Å². The van der Waals surface area contributed by atoms with Crippen molar-refractivity contribution in [2.24, 2.45) is 0 Å². The molecule has 0 saturated carbocycles. The van der Waals surface area contributed by atoms with Crippen LogP contribution < -0.4 is 10.1 Å². The minimum atomic E-state index is 0.964. The first-order chi connectivity index (χ1) is 6.77. The smallest absolute Gasteiger partial charge is 0.122 e. The summed E-state index contributed by atoms with van der Waals surface area (Å²) in [5, 5.41) is 3.30. The van der Waals surface area contributed by atoms with E-state index >= 15 is 0 Å². The fourth-order valence-electron chi connectivity index (χ4n) is 1.34. The van der Waals surface area contributed by atoms with Crippen LogP contribution in [0.2, 0.25) is 0 Å². The van der Waals surface area contributed by atoms with E-state index in [1.807, 2.05) is 12.1 Å². The zero-order valence-corrected chi connectivity index (χ0v) is 10.2. The van der Waals surface area contributed by atoms with Crippen LogP contribution in [0.15, 0.2) is 22.7 Å². The van der Waals surface area contributed by atoms with Crippen molar-refractivity contribution < 1.29 is 4.74 Å². The standard InChI is InChI=1S/C11H16BrNO/c1-3-13-7-6-9-8-10(12)4-5-11(9)14-2/h4-5,8,13H,3,6-7H2,1-2H3. The predicted octanol–water partition coefficient (Wildman–Crippen LogP) is 2.61. The molecule has 0 spiro atoms. The van der Waals surface area contributed by atoms with Crippen molar-refractivity contribution in [3.05, 3.63) is 28.2 Å². The first-order valence-corrected chi connectivity index (χ1v) is 5.60. The molecule has 0 aliphatic rings. The summed E-state index contributed by atoms with van der Waals surface area (Å²) in [5.74, 6) is 0.964. The Morgan fingerprint density at radius 3 is 2.86 bits per heavy atom. The summed E-state index contributed by atoms with van der Waals surface area (Å²) < 4.78 is 6.38. The lowest BCUT2D eigenvalue weighted by molar-refractivity contribution is 0.409. The summed E-state index contributed by atoms with van der Waals surface area (Å²) in [6.07, 6.45) is 0.996. The Morgan fingerprint density at radius 2 is 2.21 bits per heavy atom. The number of rotatable bonds is 5. The second-order valence-electron chi connectivity index (χ2n) is 3.06. The van der Waals surface area contributed by atoms with Crippen LogP contribution in [0.25, 0.3) is 0 Å². The van der Waals surface area contributed by atoms with E-state index in [0.29, 0.717) is 0 Å². The zero-order valence-electron chi connectivity index (χ0n) is 8.64. The third-order valence-electron chi connectivity index (χ3n) is 2.06. The number of hydrogen-bond donors (Lipinski definition) is 1. The number of nitrogens with one attached hydrogen (secondary N) is 1. The van der Waals surface area contributed by atoms with Crippen LogP contribution in [-0.2, 0) is 6.42 Å². The maximum atomic E-state index is 5.28. The monoisotopic (exact) mass is 257 g/mol. The van der Waals surface area contributed by atoms with Gasteiger partial charge in [-0.05, 0) is 43.3 Å². The summed E-state index contributed by atoms with van der Waals surface area (Å²) in [5.41, 5.74) is 1.24. The molecule has 0 radical (unpaired) electrons. The lowest BCUT2D eigenvalue weighted by atomic mass is 10.1. The van der Waals surface area contributed by atoms with E-state index in [1.165, 1.54) is 5.56 Å². The number of likely N-dealkylation sites (N-methyl/N-ethyl adjacent to an activating group) is 1. The molecule has 78 valence electrons. The molecule has 0 unspecified atom stereocenters. The van der Waals surface area contributed by atoms with E-state index in [-0.39, 0.29) is 0 Å². The largest absolute Gasteiger partial charge is 0.496 e. The van der Waals surface area contributed by atoms with Gasteiger partial charge in [0.2, 0.25) is 0 Å². The molecular weight excluding hydrogens is 242 g/mol. The molecule has 3 heteroatoms. The van der Waals surface area contributed by atoms with Gasteiger partial charge in [0.15, 0.2) is 0 Å². The molecule has 0 saturated heterocycles. The average Bonchev–Trinajstić information content (AvgIpc) is 2.19. The molecule has 1 aromatic rings. The predicted molar refractivity (Wildman–Crippen MR) is 62.9 cm³/mol. The minimum Gasteiger partial charge on any atom is -0.496 e. The Morgan fingerprint density at radius 1 is 1.43 bits per heavy atom. The molecule has 0 aliphatic heterocycles. The maximum absolute atomic E-state index is 5.28. The quantitative estimate of drug-likeness (QED) is 0.820. The van der Waals surface area contributed by atoms with Crippen LogP contribution in [0.4, 0.5) is 0 Å². The highest BCUT2D eigenvalue weighted by molar-refractivity contribution is 9.10. The summed E-state index contributed by atoms with van der Waals surface area (Å²) in [7, 11) is 1.71. The zero-order chi connectivity index (χ0) is 10.4. The van der Waals surface area contributed by atoms with Gasteiger partial charge in [-0.15, -0.1) is 0 Å². The summed E-state index contributed by atoms with van der Waals surface area (Å²) in [4.78, 5) is 0. The van der Waals surface area contributed by atoms with Gasteiger partial charge >= 0.3 is 0 Å². The van der Waals surface area contributed by atoms with Crippen LogP contribution in [0, 0.1) is 0 Å². The van der Waals surface area contributed by atoms with E-state index in [2.05, 4.69) is 34.2 Å². The maximum Gasteiger partial charge on any atom is 0.122 e. The molecule has 1 rings (SSSR count). The molecule has 1 aromatic carbocycles. The van der Waals surface area contributed by atoms with Gasteiger partial charge in [0.05, 0.1) is 7.11 Å². The van der Waals surface area contributed by atoms with E-state index in [9.17, 15) is 0 Å². The fraction of sp³-hybridized carbons (Fsp3) is 0.455. The Labute approximate surface area is 93.8 Å². The van der Waals surface area contributed by atoms with Crippen molar-refractivity contribution in [1.82, 2.24) is 5.32 Å². The van der Waals surface area contributed by atoms with Crippen LogP contribution in [0.5, 0.6) is 5.75 Å². The van der Waals surface area contributed by atoms with Gasteiger partial charge < -0.3 is 10.1 Å². The Hall–Kier alpha value is -0.540. The van der Waals surface area contributed by atoms with E-state index in [0.717, 1.165) is 29.7 Å². The molecule has 0 bridgehead atoms. The second kappa shape index (κ2) is 6.04. The van der Waals surface area contributed by atoms with Crippen molar-refractivity contribution >= 4 is 15.9 Å². The first-order valence-electron chi connectivity index (χ1n) is 4.81. The van der Waals surface area contributed by atoms with Gasteiger partial charge in [-0.1, -0.05) is 22.9 Å². The highest BCUT2D eigenvalue weighted by atomic mass is 79.9. The van der Waals surface area contributed by atoms with Crippen molar-refractivity contribution in [2.45, 2.75) is 13.3 Å². The molecule has 1 N–H and O–H groups in total. The minimum absolute atomic E-state index is 0.964. The van der Waals surface area contributed by atoms with Gasteiger partial charge in [0.25, 0.3) is 0 Å². The highest BCUT2D eigenvalue weighted by Gasteiger charge is 2.02. The van der Waals surface area contributed by atoms with Crippen LogP contribution in [-0.4, -0.2) is 20.2 Å². The molecular formula is C11H16BrNO. The summed E-state index contributed by atoms with van der Waals surface area (Å²) in [6, 6.07) is 6.09. The van der Waals surface area contributed by atoms with Crippen molar-refractivity contribution in [2.75, 3.05) is 20.2 Å². The molecule has 0 atom stereocenters. The van der Waals surface area contributed by atoms with Crippen LogP contribution in [0.3, 0.4) is 0 Å². The number of benzene rings is 1. The topological polar surface area (TPSA) is 21.3 Å². The Balaban J connectivity index is 2.67. The lowest BCUT2D eigenvalue weighted by Crippen LogP contribution is -2.16. The summed E-state index contributed by atoms with van der Waals surface area (Å²) in [6.45, 7) is 4.11. The van der Waals surface area contributed by atoms with Gasteiger partial charge in [-0.2, -0.15) is 0 Å². The van der Waals surface area contributed by atoms with Crippen LogP contribution in [0.1, 0.15) is 12.5 Å². The SMILES string of the molecule is CCNCCc1cc(Br)ccc1OC. The highest BCUT2D eigenvalue weighted by Crippen LogP contribution is 2.22. The van der Waals surface area contributed by atoms with Gasteiger partial charge in [-0.3, -0.25) is 0 Å². The van der Waals surface area contributed by atoms with Crippen molar-refractivity contribution in [1.29, 1.82) is 0 Å². The van der Waals surface area contributed by atoms with E-state index < -0.39 is 0 Å². The Bertz CT molecular complexity index is 289. The molecule has 0 heterocycles. The molecule has 0 aromatic heterocycles. The number of ether oxygens (including phenoxy) is 1. The van der Waals surface area contributed by atoms with Crippen molar-refractivity contribution in [3.8, 4) is 5.75 Å². The molecule has 14 heavy (non-hydrogen) atoms. The third-order valence-corrected chi connectivity index (χ3v) is 2.56. The molecule has 0 fully saturated rings. The van der Waals surface area contributed by atoms with E-state index in [4.69, 9.17) is 4.74 Å². The first kappa shape index (κ1) is 11.5. The molecule has 2 nitrogen and oxygen atoms in total. The van der Waals surface area contributed by atoms with Gasteiger partial charge in [-0.25, -0.2) is 0 Å².